The molecule has 3 aliphatic heterocycles. The van der Waals surface area contributed by atoms with Gasteiger partial charge in [0.2, 0.25) is 27.6 Å². The fraction of sp³-hybridized carbons (Fsp3) is 0.526. The molecule has 53 heteroatoms. The Bertz CT molecular complexity index is 6400. The third-order valence-corrected chi connectivity index (χ3v) is 23.5. The summed E-state index contributed by atoms with van der Waals surface area (Å²) in [6.07, 6.45) is -18.2. The van der Waals surface area contributed by atoms with Gasteiger partial charge in [-0.2, -0.15) is 39.7 Å². The van der Waals surface area contributed by atoms with Crippen LogP contribution in [-0.2, 0) is 104 Å². The van der Waals surface area contributed by atoms with Gasteiger partial charge in [0.15, 0.2) is 94.2 Å². The van der Waals surface area contributed by atoms with Gasteiger partial charge in [-0.1, -0.05) is 66.2 Å². The molecule has 6 aromatic heterocycles. The number of nitrogens with zero attached hydrogens (tertiary/aromatic N) is 17. The van der Waals surface area contributed by atoms with Gasteiger partial charge in [0.25, 0.3) is 23.3 Å². The van der Waals surface area contributed by atoms with E-state index >= 15 is 13.2 Å². The lowest BCUT2D eigenvalue weighted by Crippen LogP contribution is -2.52. The van der Waals surface area contributed by atoms with Crippen LogP contribution in [0.1, 0.15) is 191 Å². The first-order valence-electron chi connectivity index (χ1n) is 46.6. The van der Waals surface area contributed by atoms with Crippen LogP contribution in [0.5, 0.6) is 0 Å². The second-order valence-corrected chi connectivity index (χ2v) is 40.8. The lowest BCUT2D eigenvalue weighted by molar-refractivity contribution is -0.190. The molecule has 816 valence electrons. The molecule has 0 aliphatic carbocycles. The maximum absolute atomic E-state index is 16.2. The van der Waals surface area contributed by atoms with Crippen molar-refractivity contribution >= 4 is 179 Å². The van der Waals surface area contributed by atoms with E-state index in [4.69, 9.17) is 97.4 Å². The van der Waals surface area contributed by atoms with Gasteiger partial charge in [-0.3, -0.25) is 37.7 Å². The number of nitrogen functional groups attached to an aromatic ring is 1. The van der Waals surface area contributed by atoms with E-state index in [1.807, 2.05) is 24.3 Å². The normalized spacial score (nSPS) is 19.7. The first kappa shape index (κ1) is 121. The molecule has 0 bridgehead atoms. The van der Waals surface area contributed by atoms with Gasteiger partial charge in [-0.05, 0) is 199 Å². The molecule has 9 aromatic rings. The summed E-state index contributed by atoms with van der Waals surface area (Å²) in [6.45, 7) is 26.4. The maximum Gasteiger partial charge on any atom is 0.425 e. The summed E-state index contributed by atoms with van der Waals surface area (Å²) in [4.78, 5) is 207. The van der Waals surface area contributed by atoms with Crippen LogP contribution in [0.3, 0.4) is 0 Å². The molecule has 0 radical (unpaired) electrons. The van der Waals surface area contributed by atoms with Crippen LogP contribution in [0, 0.1) is 11.8 Å². The number of carbonyl (C=O) groups excluding carboxylic acids is 11. The molecule has 14 atom stereocenters. The van der Waals surface area contributed by atoms with Crippen LogP contribution < -0.4 is 15.5 Å². The minimum atomic E-state index is -2.84. The number of hydrogen-bond acceptors (Lipinski definition) is 36. The quantitative estimate of drug-likeness (QED) is 0.0107. The number of imidazole rings is 3. The molecule has 5 N–H and O–H groups in total. The number of imide groups is 2. The summed E-state index contributed by atoms with van der Waals surface area (Å²) in [6, 6.07) is 19.8. The number of aromatic nitrogens is 12. The average Bonchev–Trinajstić information content (AvgIpc) is 1.60. The molecule has 9 heterocycles. The van der Waals surface area contributed by atoms with Crippen molar-refractivity contribution in [2.45, 2.75) is 244 Å². The molecular weight excluding hydrogens is 2110 g/mol. The fourth-order valence-corrected chi connectivity index (χ4v) is 15.9. The number of fused-ring (bicyclic) bond motifs is 3. The molecule has 3 saturated heterocycles. The number of ketones is 2. The van der Waals surface area contributed by atoms with E-state index in [9.17, 15) is 77.6 Å². The van der Waals surface area contributed by atoms with E-state index in [1.54, 1.807) is 168 Å². The number of ether oxygens (including phenoxy) is 12. The number of nitrogens with two attached hydrogens (primary N) is 1. The summed E-state index contributed by atoms with van der Waals surface area (Å²) in [5.74, 6) is -9.78. The summed E-state index contributed by atoms with van der Waals surface area (Å²) >= 11 is 21.7. The van der Waals surface area contributed by atoms with Crippen LogP contribution in [0.15, 0.2) is 91.8 Å². The zero-order chi connectivity index (χ0) is 112. The van der Waals surface area contributed by atoms with Crippen molar-refractivity contribution in [1.29, 1.82) is 0 Å². The summed E-state index contributed by atoms with van der Waals surface area (Å²) in [7, 11) is 9.75. The molecule has 3 aliphatic rings. The number of carboxylic acids is 2. The number of carboxylic acid groups (broad SMARTS) is 2. The Morgan fingerprint density at radius 1 is 0.473 bits per heavy atom. The molecule has 46 nitrogen and oxygen atoms in total. The highest BCUT2D eigenvalue weighted by Gasteiger charge is 2.55. The van der Waals surface area contributed by atoms with Gasteiger partial charge >= 0.3 is 48.3 Å². The van der Waals surface area contributed by atoms with E-state index in [-0.39, 0.29) is 117 Å². The van der Waals surface area contributed by atoms with Crippen LogP contribution in [-0.4, -0.2) is 324 Å². The van der Waals surface area contributed by atoms with Gasteiger partial charge < -0.3 is 92.6 Å². The van der Waals surface area contributed by atoms with Crippen LogP contribution in [0.2, 0.25) is 15.9 Å². The Balaban J connectivity index is 0.000000238. The molecule has 3 fully saturated rings. The van der Waals surface area contributed by atoms with Crippen LogP contribution in [0.4, 0.5) is 49.8 Å². The number of rotatable bonds is 30. The minimum absolute atomic E-state index is 0.0199. The number of esters is 2. The lowest BCUT2D eigenvalue weighted by Gasteiger charge is -2.31. The number of halogens is 7. The van der Waals surface area contributed by atoms with Crippen molar-refractivity contribution < 1.29 is 148 Å². The summed E-state index contributed by atoms with van der Waals surface area (Å²) < 4.78 is 117. The monoisotopic (exact) mass is 2230 g/mol. The fourth-order valence-electron chi connectivity index (χ4n) is 15.0. The average molecular weight is 2230 g/mol. The predicted molar refractivity (Wildman–Crippen MR) is 536 cm³/mol. The predicted octanol–water partition coefficient (Wildman–Crippen LogP) is 13.3. The zero-order valence-corrected chi connectivity index (χ0v) is 90.6. The topological polar surface area (TPSA) is 566 Å². The SMILES string of the molecule is CCOC(=O)C(Cc1cccc(C(=O)N(C)C)c1)(OC[C@H]1O[C@@H](n2cnc3c(N(C(=O)OC(C)(C)C)C(=O)OC(C)(C)C)nc(Cl)nc32)[C@@H](F)[C@@H]1C)C(C)=O.CCOC(=O)C(OC[C@H]1O[C@@H](n2cnc3c(N(C(=O)OC(C)(C)C)C(=O)OC(C)(C)C)nc(Cl)nc32)[C@@H](F)[C@@H]1C)C(C)=O.CN(C)C(=O)c1cccc(CBr)c1.CN(C)C(=O)c1cccc(CC(OC[C@H]2O[C@@H](n3cnc4c(N)nc(Cl)nc43)[C@@H](F)[C@@H]2O)(C(=O)O)C(=O)O)c1. The molecule has 0 saturated carbocycles. The number of amides is 7. The van der Waals surface area contributed by atoms with Crippen molar-refractivity contribution in [3.05, 3.63) is 141 Å². The molecule has 12 rings (SSSR count). The van der Waals surface area contributed by atoms with Gasteiger partial charge in [-0.25, -0.2) is 66.5 Å². The highest BCUT2D eigenvalue weighted by atomic mass is 79.9. The standard InChI is InChI=1S/C37H48ClFN6O10.C27H37ClFN5O9.C23H24ClFN6O8.C10H12BrNO/c1-12-51-31(48)37(21(3)46,17-22-14-13-15-23(16-22)29(47)43(10)11)52-18-24-20(2)25(39)30(53-24)44-19-40-26-27(44)41-32(38)42-28(26)45(33(49)54-35(4,5)6)34(50)55-36(7,8)9;1-10-39-22(36)18(14(3)35)40-11-15-13(2)16(29)21(41-15)33-12-30-17-19(33)31-23(28)32-20(17)34(24(37)42-26(4,5)6)25(38)43-27(7,8)9;1-30(2)18(33)11-5-3-4-10(6-11)7-23(20(34)35,21(36)37)38-8-12-15(32)13(25)19(39-12)31-9-27-14-16(26)28-22(24)29-17(14)31;1-12(2)10(13)9-5-3-4-8(6-9)7-11/h13-16,19-20,24-25,30H,12,17-18H2,1-11H3;12-13,15-16,18,21H,10-11H2,1-9H3;3-6,9,12-13,15,19,32H,7-8H2,1-2H3,(H,34,35)(H,36,37)(H2,26,28,29);3-6H,7H2,1-2H3/t20-,24-,25+,30-,37?;13-,15-,16+,18?,21-;12-,13+,15-,19-;/m111./s1. The molecule has 2 unspecified atom stereocenters. The highest BCUT2D eigenvalue weighted by molar-refractivity contribution is 9.08. The number of aliphatic hydroxyl groups excluding tert-OH is 1. The van der Waals surface area contributed by atoms with Gasteiger partial charge in [0.05, 0.1) is 64.2 Å². The number of anilines is 3. The molecule has 0 spiro atoms. The smallest absolute Gasteiger partial charge is 0.425 e. The minimum Gasteiger partial charge on any atom is -0.479 e. The molecule has 3 aromatic carbocycles. The van der Waals surface area contributed by atoms with Crippen molar-refractivity contribution in [2.24, 2.45) is 11.8 Å². The van der Waals surface area contributed by atoms with E-state index in [2.05, 4.69) is 60.8 Å². The Morgan fingerprint density at radius 3 is 1.17 bits per heavy atom. The number of aliphatic carboxylic acids is 2. The van der Waals surface area contributed by atoms with Crippen molar-refractivity contribution in [3.63, 3.8) is 0 Å². The first-order valence-corrected chi connectivity index (χ1v) is 48.8. The first-order chi connectivity index (χ1) is 69.8. The number of alkyl halides is 4. The van der Waals surface area contributed by atoms with Gasteiger partial charge in [0.1, 0.15) is 40.1 Å². The highest BCUT2D eigenvalue weighted by Crippen LogP contribution is 2.44. The largest absolute Gasteiger partial charge is 0.479 e. The van der Waals surface area contributed by atoms with Crippen LogP contribution in [0.25, 0.3) is 33.5 Å². The number of benzene rings is 3. The van der Waals surface area contributed by atoms with Crippen LogP contribution >= 0.6 is 50.7 Å². The number of carbonyl (C=O) groups is 13. The maximum atomic E-state index is 16.2. The Hall–Kier alpha value is -12.9. The van der Waals surface area contributed by atoms with E-state index in [0.717, 1.165) is 27.4 Å². The van der Waals surface area contributed by atoms with E-state index < -0.39 is 198 Å². The third kappa shape index (κ3) is 29.5. The van der Waals surface area contributed by atoms with E-state index in [1.165, 1.54) is 83.8 Å². The number of aliphatic hydroxyl groups is 1. The Labute approximate surface area is 883 Å². The lowest BCUT2D eigenvalue weighted by atomic mass is 9.89. The van der Waals surface area contributed by atoms with E-state index in [0.29, 0.717) is 20.9 Å². The summed E-state index contributed by atoms with van der Waals surface area (Å²) in [5, 5.41) is 30.0. The molecule has 7 amide bonds. The number of hydrogen-bond donors (Lipinski definition) is 4. The molecule has 150 heavy (non-hydrogen) atoms. The van der Waals surface area contributed by atoms with Crippen molar-refractivity contribution in [3.8, 4) is 0 Å². The Morgan fingerprint density at radius 2 is 0.807 bits per heavy atom. The van der Waals surface area contributed by atoms with Crippen molar-refractivity contribution in [2.75, 3.05) is 90.9 Å². The van der Waals surface area contributed by atoms with Gasteiger partial charge in [-0.15, -0.1) is 0 Å². The second-order valence-electron chi connectivity index (χ2n) is 39.2. The van der Waals surface area contributed by atoms with Gasteiger partial charge in [0, 0.05) is 89.0 Å². The summed E-state index contributed by atoms with van der Waals surface area (Å²) in [5.41, 5.74) is -0.494. The third-order valence-electron chi connectivity index (χ3n) is 22.3. The Kier molecular flexibility index (Phi) is 40.1. The zero-order valence-electron chi connectivity index (χ0n) is 86.7. The molecular formula is C97H121BrCl3F3N18O28. The van der Waals surface area contributed by atoms with Crippen molar-refractivity contribution in [1.82, 2.24) is 73.3 Å². The second kappa shape index (κ2) is 49.9. The number of Topliss-reactive ketones (excluding diaryl/α,β-unsaturated/α-hetero) is 2.